The zero-order valence-electron chi connectivity index (χ0n) is 11.9. The summed E-state index contributed by atoms with van der Waals surface area (Å²) in [7, 11) is 0. The van der Waals surface area contributed by atoms with E-state index < -0.39 is 23.3 Å². The molecule has 122 valence electrons. The molecule has 0 saturated carbocycles. The van der Waals surface area contributed by atoms with Crippen LogP contribution in [0.4, 0.5) is 0 Å². The van der Waals surface area contributed by atoms with Crippen molar-refractivity contribution in [2.24, 2.45) is 11.5 Å². The van der Waals surface area contributed by atoms with Gasteiger partial charge in [-0.3, -0.25) is 14.4 Å². The average molecular weight is 349 g/mol. The largest absolute Gasteiger partial charge is 0.367 e. The molecule has 0 radical (unpaired) electrons. The number of carbonyl (C=O) groups excluding carboxylic acids is 3. The van der Waals surface area contributed by atoms with Gasteiger partial charge in [-0.2, -0.15) is 0 Å². The predicted molar refractivity (Wildman–Crippen MR) is 85.5 cm³/mol. The van der Waals surface area contributed by atoms with Crippen LogP contribution in [0.5, 0.6) is 0 Å². The van der Waals surface area contributed by atoms with Gasteiger partial charge in [0.25, 0.3) is 0 Å². The number of nitrogens with one attached hydrogen (secondary N) is 2. The molecule has 1 rings (SSSR count). The molecule has 0 bridgehead atoms. The first-order valence-electron chi connectivity index (χ1n) is 6.13. The maximum absolute atomic E-state index is 11.8. The van der Waals surface area contributed by atoms with Crippen LogP contribution in [0, 0.1) is 0 Å². The molecule has 7 nitrogen and oxygen atoms in total. The summed E-state index contributed by atoms with van der Waals surface area (Å²) in [6.07, 6.45) is 0. The second kappa shape index (κ2) is 8.57. The monoisotopic (exact) mass is 348 g/mol. The van der Waals surface area contributed by atoms with Crippen LogP contribution in [0.2, 0.25) is 5.02 Å². The fourth-order valence-corrected chi connectivity index (χ4v) is 1.84. The fraction of sp³-hybridized carbons (Fsp3) is 0.308. The molecule has 22 heavy (non-hydrogen) atoms. The molecule has 6 N–H and O–H groups in total. The number of carbonyl (C=O) groups is 3. The highest BCUT2D eigenvalue weighted by atomic mass is 35.5. The number of halogens is 2. The van der Waals surface area contributed by atoms with Crippen LogP contribution >= 0.6 is 24.0 Å². The SMILES string of the molecule is CC(NC(=O)CNC(=O)CN)(C(N)=O)c1cccc(Cl)c1.Cl. The van der Waals surface area contributed by atoms with Gasteiger partial charge in [-0.1, -0.05) is 23.7 Å². The van der Waals surface area contributed by atoms with Gasteiger partial charge in [0.05, 0.1) is 13.1 Å². The second-order valence-corrected chi connectivity index (χ2v) is 4.97. The van der Waals surface area contributed by atoms with Gasteiger partial charge in [-0.15, -0.1) is 12.4 Å². The predicted octanol–water partition coefficient (Wildman–Crippen LogP) is -0.347. The van der Waals surface area contributed by atoms with E-state index in [1.807, 2.05) is 0 Å². The normalized spacial score (nSPS) is 12.5. The van der Waals surface area contributed by atoms with Gasteiger partial charge in [0.1, 0.15) is 5.54 Å². The molecular weight excluding hydrogens is 331 g/mol. The molecule has 0 aliphatic rings. The Kier molecular flexibility index (Phi) is 7.86. The molecule has 0 saturated heterocycles. The highest BCUT2D eigenvalue weighted by molar-refractivity contribution is 6.30. The zero-order valence-corrected chi connectivity index (χ0v) is 13.5. The van der Waals surface area contributed by atoms with E-state index >= 15 is 0 Å². The van der Waals surface area contributed by atoms with Crippen LogP contribution in [-0.2, 0) is 19.9 Å². The first kappa shape index (κ1) is 20.2. The number of hydrogen-bond acceptors (Lipinski definition) is 4. The Morgan fingerprint density at radius 3 is 2.41 bits per heavy atom. The Bertz CT molecular complexity index is 568. The summed E-state index contributed by atoms with van der Waals surface area (Å²) in [6, 6.07) is 6.43. The number of nitrogens with two attached hydrogens (primary N) is 2. The molecule has 0 aromatic heterocycles. The second-order valence-electron chi connectivity index (χ2n) is 4.53. The average Bonchev–Trinajstić information content (AvgIpc) is 2.44. The summed E-state index contributed by atoms with van der Waals surface area (Å²) in [6.45, 7) is 0.928. The van der Waals surface area contributed by atoms with Gasteiger partial charge < -0.3 is 22.1 Å². The molecule has 1 aromatic rings. The minimum atomic E-state index is -1.44. The van der Waals surface area contributed by atoms with Crippen molar-refractivity contribution >= 4 is 41.7 Å². The Labute approximate surface area is 139 Å². The van der Waals surface area contributed by atoms with E-state index in [1.165, 1.54) is 13.0 Å². The smallest absolute Gasteiger partial charge is 0.247 e. The molecule has 0 heterocycles. The fourth-order valence-electron chi connectivity index (χ4n) is 1.65. The van der Waals surface area contributed by atoms with Crippen LogP contribution in [0.25, 0.3) is 0 Å². The van der Waals surface area contributed by atoms with Gasteiger partial charge in [-0.05, 0) is 24.6 Å². The summed E-state index contributed by atoms with van der Waals surface area (Å²) in [5, 5.41) is 5.20. The van der Waals surface area contributed by atoms with E-state index in [9.17, 15) is 14.4 Å². The number of amides is 3. The van der Waals surface area contributed by atoms with Crippen molar-refractivity contribution in [2.45, 2.75) is 12.5 Å². The van der Waals surface area contributed by atoms with Crippen molar-refractivity contribution < 1.29 is 14.4 Å². The van der Waals surface area contributed by atoms with Gasteiger partial charge >= 0.3 is 0 Å². The van der Waals surface area contributed by atoms with Crippen molar-refractivity contribution in [3.8, 4) is 0 Å². The maximum Gasteiger partial charge on any atom is 0.247 e. The van der Waals surface area contributed by atoms with E-state index in [0.29, 0.717) is 10.6 Å². The molecule has 3 amide bonds. The highest BCUT2D eigenvalue weighted by Gasteiger charge is 2.35. The summed E-state index contributed by atoms with van der Waals surface area (Å²) >= 11 is 5.88. The molecule has 1 aromatic carbocycles. The van der Waals surface area contributed by atoms with Crippen LogP contribution in [0.15, 0.2) is 24.3 Å². The Hall–Kier alpha value is -1.83. The minimum absolute atomic E-state index is 0. The third-order valence-corrected chi connectivity index (χ3v) is 3.15. The van der Waals surface area contributed by atoms with Crippen LogP contribution in [-0.4, -0.2) is 30.8 Å². The van der Waals surface area contributed by atoms with Gasteiger partial charge in [0.2, 0.25) is 17.7 Å². The van der Waals surface area contributed by atoms with E-state index in [-0.39, 0.29) is 25.5 Å². The standard InChI is InChI=1S/C13H17ClN4O3.ClH/c1-13(12(16)21,8-3-2-4-9(14)5-8)18-11(20)7-17-10(19)6-15;/h2-5H,6-7,15H2,1H3,(H2,16,21)(H,17,19)(H,18,20);1H. The Morgan fingerprint density at radius 2 is 1.91 bits per heavy atom. The molecule has 1 unspecified atom stereocenters. The molecule has 9 heteroatoms. The lowest BCUT2D eigenvalue weighted by Gasteiger charge is -2.28. The van der Waals surface area contributed by atoms with Gasteiger partial charge in [0, 0.05) is 5.02 Å². The zero-order chi connectivity index (χ0) is 16.0. The molecule has 1 atom stereocenters. The molecule has 0 aliphatic carbocycles. The van der Waals surface area contributed by atoms with E-state index in [0.717, 1.165) is 0 Å². The first-order valence-corrected chi connectivity index (χ1v) is 6.51. The lowest BCUT2D eigenvalue weighted by Crippen LogP contribution is -2.55. The van der Waals surface area contributed by atoms with Crippen molar-refractivity contribution in [1.82, 2.24) is 10.6 Å². The van der Waals surface area contributed by atoms with Crippen molar-refractivity contribution in [1.29, 1.82) is 0 Å². The van der Waals surface area contributed by atoms with Gasteiger partial charge in [-0.25, -0.2) is 0 Å². The topological polar surface area (TPSA) is 127 Å². The lowest BCUT2D eigenvalue weighted by molar-refractivity contribution is -0.131. The van der Waals surface area contributed by atoms with Crippen molar-refractivity contribution in [3.05, 3.63) is 34.9 Å². The third kappa shape index (κ3) is 5.18. The summed E-state index contributed by atoms with van der Waals surface area (Å²) in [4.78, 5) is 34.6. The number of hydrogen-bond donors (Lipinski definition) is 4. The van der Waals surface area contributed by atoms with Crippen LogP contribution in [0.1, 0.15) is 12.5 Å². The molecule has 0 aliphatic heterocycles. The maximum atomic E-state index is 11.8. The third-order valence-electron chi connectivity index (χ3n) is 2.92. The van der Waals surface area contributed by atoms with E-state index in [1.54, 1.807) is 18.2 Å². The van der Waals surface area contributed by atoms with Crippen LogP contribution < -0.4 is 22.1 Å². The lowest BCUT2D eigenvalue weighted by atomic mass is 9.91. The van der Waals surface area contributed by atoms with Gasteiger partial charge in [0.15, 0.2) is 0 Å². The number of rotatable bonds is 6. The highest BCUT2D eigenvalue weighted by Crippen LogP contribution is 2.23. The van der Waals surface area contributed by atoms with E-state index in [2.05, 4.69) is 10.6 Å². The minimum Gasteiger partial charge on any atom is -0.367 e. The molecular formula is C13H18Cl2N4O3. The van der Waals surface area contributed by atoms with Crippen LogP contribution in [0.3, 0.4) is 0 Å². The summed E-state index contributed by atoms with van der Waals surface area (Å²) in [5.41, 5.74) is 9.50. The Morgan fingerprint density at radius 1 is 1.27 bits per heavy atom. The van der Waals surface area contributed by atoms with E-state index in [4.69, 9.17) is 23.1 Å². The van der Waals surface area contributed by atoms with Crippen molar-refractivity contribution in [3.63, 3.8) is 0 Å². The summed E-state index contributed by atoms with van der Waals surface area (Å²) in [5.74, 6) is -1.80. The first-order chi connectivity index (χ1) is 9.79. The number of benzene rings is 1. The summed E-state index contributed by atoms with van der Waals surface area (Å²) < 4.78 is 0. The van der Waals surface area contributed by atoms with Crippen molar-refractivity contribution in [2.75, 3.05) is 13.1 Å². The molecule has 0 fully saturated rings. The number of primary amides is 1. The Balaban J connectivity index is 0.00000441. The molecule has 0 spiro atoms. The quantitative estimate of drug-likeness (QED) is 0.560.